The van der Waals surface area contributed by atoms with Gasteiger partial charge in [-0.05, 0) is 42.3 Å². The number of amides is 3. The van der Waals surface area contributed by atoms with Crippen LogP contribution in [0, 0.1) is 5.41 Å². The summed E-state index contributed by atoms with van der Waals surface area (Å²) in [5.74, 6) is -2.88. The molecule has 1 unspecified atom stereocenters. The van der Waals surface area contributed by atoms with Gasteiger partial charge in [0.1, 0.15) is 5.84 Å². The summed E-state index contributed by atoms with van der Waals surface area (Å²) in [5.41, 5.74) is 7.07. The number of benzene rings is 1. The van der Waals surface area contributed by atoms with Crippen LogP contribution >= 0.6 is 0 Å². The van der Waals surface area contributed by atoms with E-state index in [1.54, 1.807) is 42.6 Å². The number of amidine groups is 1. The van der Waals surface area contributed by atoms with Crippen molar-refractivity contribution < 1.29 is 24.3 Å². The summed E-state index contributed by atoms with van der Waals surface area (Å²) < 4.78 is 0. The van der Waals surface area contributed by atoms with Gasteiger partial charge in [0, 0.05) is 49.7 Å². The van der Waals surface area contributed by atoms with Crippen molar-refractivity contribution in [2.45, 2.75) is 25.3 Å². The van der Waals surface area contributed by atoms with Crippen molar-refractivity contribution >= 4 is 35.2 Å². The highest BCUT2D eigenvalue weighted by atomic mass is 16.4. The van der Waals surface area contributed by atoms with Crippen LogP contribution in [0.3, 0.4) is 0 Å². The zero-order valence-corrected chi connectivity index (χ0v) is 18.4. The van der Waals surface area contributed by atoms with Crippen LogP contribution in [0.2, 0.25) is 0 Å². The predicted octanol–water partition coefficient (Wildman–Crippen LogP) is 0.971. The number of hydrogen-bond acceptors (Lipinski definition) is 6. The van der Waals surface area contributed by atoms with Gasteiger partial charge in [0.2, 0.25) is 5.91 Å². The van der Waals surface area contributed by atoms with Crippen LogP contribution in [0.25, 0.3) is 0 Å². The zero-order valence-electron chi connectivity index (χ0n) is 18.4. The zero-order chi connectivity index (χ0) is 24.7. The summed E-state index contributed by atoms with van der Waals surface area (Å²) >= 11 is 0. The molecule has 1 atom stereocenters. The number of carboxylic acid groups (broad SMARTS) is 1. The summed E-state index contributed by atoms with van der Waals surface area (Å²) in [6, 6.07) is 9.09. The third kappa shape index (κ3) is 6.15. The lowest BCUT2D eigenvalue weighted by molar-refractivity contribution is -0.159. The minimum Gasteiger partial charge on any atom is -0.481 e. The Balaban J connectivity index is 1.52. The number of aromatic nitrogens is 1. The third-order valence-electron chi connectivity index (χ3n) is 5.47. The number of nitrogen functional groups attached to an aromatic ring is 1. The lowest BCUT2D eigenvalue weighted by Gasteiger charge is -2.38. The first-order chi connectivity index (χ1) is 16.3. The Hall–Kier alpha value is -4.28. The molecule has 1 aromatic heterocycles. The number of carbonyl (C=O) groups is 4. The summed E-state index contributed by atoms with van der Waals surface area (Å²) in [7, 11) is 0. The van der Waals surface area contributed by atoms with Gasteiger partial charge in [0.15, 0.2) is 0 Å². The number of hydrogen-bond donors (Lipinski definition) is 4. The van der Waals surface area contributed by atoms with Crippen molar-refractivity contribution in [1.82, 2.24) is 14.8 Å². The molecule has 0 radical (unpaired) electrons. The number of pyridine rings is 1. The summed E-state index contributed by atoms with van der Waals surface area (Å²) in [6.45, 7) is 0.660. The van der Waals surface area contributed by atoms with E-state index >= 15 is 0 Å². The van der Waals surface area contributed by atoms with Crippen LogP contribution in [0.5, 0.6) is 0 Å². The Labute approximate surface area is 196 Å². The van der Waals surface area contributed by atoms with E-state index in [9.17, 15) is 24.3 Å². The molecule has 2 heterocycles. The molecule has 3 rings (SSSR count). The predicted molar refractivity (Wildman–Crippen MR) is 123 cm³/mol. The van der Waals surface area contributed by atoms with Crippen LogP contribution in [0.1, 0.15) is 36.4 Å². The third-order valence-corrected chi connectivity index (χ3v) is 5.47. The van der Waals surface area contributed by atoms with Gasteiger partial charge >= 0.3 is 17.8 Å². The first-order valence-electron chi connectivity index (χ1n) is 10.7. The lowest BCUT2D eigenvalue weighted by atomic mass is 10.0. The Bertz CT molecular complexity index is 1070. The van der Waals surface area contributed by atoms with E-state index < -0.39 is 23.8 Å². The second-order valence-electron chi connectivity index (χ2n) is 7.83. The summed E-state index contributed by atoms with van der Waals surface area (Å²) in [5, 5.41) is 19.4. The Morgan fingerprint density at radius 3 is 2.50 bits per heavy atom. The van der Waals surface area contributed by atoms with Crippen molar-refractivity contribution in [1.29, 1.82) is 5.41 Å². The molecular weight excluding hydrogens is 440 g/mol. The van der Waals surface area contributed by atoms with Crippen LogP contribution < -0.4 is 11.1 Å². The van der Waals surface area contributed by atoms with Crippen molar-refractivity contribution in [3.8, 4) is 0 Å². The molecule has 0 aliphatic carbocycles. The molecule has 11 heteroatoms. The van der Waals surface area contributed by atoms with Crippen molar-refractivity contribution in [3.63, 3.8) is 0 Å². The van der Waals surface area contributed by atoms with E-state index in [0.717, 1.165) is 0 Å². The molecule has 1 aliphatic heterocycles. The number of nitrogens with zero attached hydrogens (tertiary/aromatic N) is 3. The molecule has 3 amide bonds. The lowest BCUT2D eigenvalue weighted by Crippen LogP contribution is -2.55. The fourth-order valence-corrected chi connectivity index (χ4v) is 3.73. The molecule has 0 spiro atoms. The molecule has 1 aromatic carbocycles. The van der Waals surface area contributed by atoms with E-state index in [0.29, 0.717) is 23.2 Å². The van der Waals surface area contributed by atoms with Gasteiger partial charge in [0.05, 0.1) is 12.5 Å². The maximum Gasteiger partial charge on any atom is 0.312 e. The normalized spacial score (nSPS) is 14.6. The van der Waals surface area contributed by atoms with Crippen LogP contribution in [0.15, 0.2) is 48.8 Å². The minimum absolute atomic E-state index is 0.0631. The Morgan fingerprint density at radius 2 is 1.88 bits per heavy atom. The molecule has 11 nitrogen and oxygen atoms in total. The fraction of sp³-hybridized carbons (Fsp3) is 0.304. The highest BCUT2D eigenvalue weighted by Crippen LogP contribution is 2.26. The number of aliphatic carboxylic acids is 1. The van der Waals surface area contributed by atoms with Gasteiger partial charge in [-0.25, -0.2) is 0 Å². The quantitative estimate of drug-likeness (QED) is 0.230. The highest BCUT2D eigenvalue weighted by molar-refractivity contribution is 6.35. The maximum absolute atomic E-state index is 12.8. The van der Waals surface area contributed by atoms with Crippen molar-refractivity contribution in [2.75, 3.05) is 25.0 Å². The number of nitrogens with two attached hydrogens (primary N) is 1. The number of nitrogens with one attached hydrogen (secondary N) is 2. The van der Waals surface area contributed by atoms with Crippen molar-refractivity contribution in [3.05, 3.63) is 59.9 Å². The van der Waals surface area contributed by atoms with E-state index in [2.05, 4.69) is 10.3 Å². The molecule has 0 bridgehead atoms. The fourth-order valence-electron chi connectivity index (χ4n) is 3.73. The second-order valence-corrected chi connectivity index (χ2v) is 7.83. The SMILES string of the molecule is N=C(N)c1ccc(NC(=O)CCCN2CCN(C(CC(=O)O)c3cccnc3)C(=O)C2=O)cc1. The highest BCUT2D eigenvalue weighted by Gasteiger charge is 2.37. The number of piperazine rings is 1. The molecular formula is C23H26N6O5. The standard InChI is InChI=1S/C23H26N6O5/c24-21(25)15-5-7-17(8-6-15)27-19(30)4-2-10-28-11-12-29(23(34)22(28)33)18(13-20(31)32)16-3-1-9-26-14-16/h1,3,5-9,14,18H,2,4,10-13H2,(H3,24,25)(H,27,30)(H,31,32). The van der Waals surface area contributed by atoms with E-state index in [1.165, 1.54) is 16.0 Å². The first kappa shape index (κ1) is 24.4. The van der Waals surface area contributed by atoms with Crippen LogP contribution in [-0.2, 0) is 19.2 Å². The summed E-state index contributed by atoms with van der Waals surface area (Å²) in [4.78, 5) is 55.6. The Kier molecular flexibility index (Phi) is 7.91. The minimum atomic E-state index is -1.08. The number of rotatable bonds is 10. The van der Waals surface area contributed by atoms with Crippen molar-refractivity contribution in [2.24, 2.45) is 5.73 Å². The van der Waals surface area contributed by atoms with E-state index in [4.69, 9.17) is 11.1 Å². The molecule has 2 aromatic rings. The molecule has 1 fully saturated rings. The number of carbonyl (C=O) groups excluding carboxylic acids is 3. The molecule has 0 saturated carbocycles. The van der Waals surface area contributed by atoms with Gasteiger partial charge in [-0.2, -0.15) is 0 Å². The van der Waals surface area contributed by atoms with Gasteiger partial charge in [0.25, 0.3) is 0 Å². The average molecular weight is 466 g/mol. The van der Waals surface area contributed by atoms with Crippen LogP contribution in [0.4, 0.5) is 5.69 Å². The van der Waals surface area contributed by atoms with Gasteiger partial charge in [-0.15, -0.1) is 0 Å². The Morgan fingerprint density at radius 1 is 1.15 bits per heavy atom. The molecule has 1 saturated heterocycles. The molecule has 5 N–H and O–H groups in total. The van der Waals surface area contributed by atoms with E-state index in [1.807, 2.05) is 0 Å². The largest absolute Gasteiger partial charge is 0.481 e. The monoisotopic (exact) mass is 466 g/mol. The summed E-state index contributed by atoms with van der Waals surface area (Å²) in [6.07, 6.45) is 3.21. The second kappa shape index (κ2) is 11.0. The maximum atomic E-state index is 12.8. The topological polar surface area (TPSA) is 170 Å². The smallest absolute Gasteiger partial charge is 0.312 e. The van der Waals surface area contributed by atoms with E-state index in [-0.39, 0.29) is 44.2 Å². The van der Waals surface area contributed by atoms with Gasteiger partial charge in [-0.1, -0.05) is 6.07 Å². The molecule has 1 aliphatic rings. The molecule has 178 valence electrons. The molecule has 34 heavy (non-hydrogen) atoms. The number of carboxylic acids is 1. The first-order valence-corrected chi connectivity index (χ1v) is 10.7. The van der Waals surface area contributed by atoms with Crippen LogP contribution in [-0.4, -0.2) is 69.1 Å². The van der Waals surface area contributed by atoms with Gasteiger partial charge < -0.3 is 26.0 Å². The average Bonchev–Trinajstić information content (AvgIpc) is 2.81. The number of anilines is 1. The van der Waals surface area contributed by atoms with Gasteiger partial charge in [-0.3, -0.25) is 29.6 Å².